The van der Waals surface area contributed by atoms with Gasteiger partial charge in [0.25, 0.3) is 0 Å². The number of nitrogens with one attached hydrogen (secondary N) is 1. The van der Waals surface area contributed by atoms with Gasteiger partial charge in [0, 0.05) is 14.6 Å². The summed E-state index contributed by atoms with van der Waals surface area (Å²) in [4.78, 5) is 11.4. The van der Waals surface area contributed by atoms with Crippen LogP contribution in [0.1, 0.15) is 11.6 Å². The van der Waals surface area contributed by atoms with E-state index < -0.39 is 12.0 Å². The van der Waals surface area contributed by atoms with E-state index >= 15 is 0 Å². The molecule has 1 atom stereocenters. The quantitative estimate of drug-likeness (QED) is 0.818. The Labute approximate surface area is 127 Å². The Morgan fingerprint density at radius 1 is 1.11 bits per heavy atom. The van der Waals surface area contributed by atoms with Gasteiger partial charge in [-0.25, -0.2) is 4.79 Å². The molecule has 19 heavy (non-hydrogen) atoms. The highest BCUT2D eigenvalue weighted by Crippen LogP contribution is 2.29. The molecule has 0 aliphatic carbocycles. The largest absolute Gasteiger partial charge is 0.479 e. The molecule has 0 heterocycles. The Bertz CT molecular complexity index is 587. The molecule has 98 valence electrons. The monoisotopic (exact) mass is 383 g/mol. The number of hydrogen-bond acceptors (Lipinski definition) is 2. The van der Waals surface area contributed by atoms with Crippen molar-refractivity contribution in [2.24, 2.45) is 0 Å². The van der Waals surface area contributed by atoms with Crippen LogP contribution in [0.5, 0.6) is 0 Å². The lowest BCUT2D eigenvalue weighted by Gasteiger charge is -2.17. The summed E-state index contributed by atoms with van der Waals surface area (Å²) in [5.41, 5.74) is 1.45. The Hall–Kier alpha value is -1.33. The average molecular weight is 385 g/mol. The van der Waals surface area contributed by atoms with Crippen LogP contribution in [-0.4, -0.2) is 11.1 Å². The van der Waals surface area contributed by atoms with E-state index in [4.69, 9.17) is 0 Å². The number of carboxylic acids is 1. The van der Waals surface area contributed by atoms with Gasteiger partial charge in [0.15, 0.2) is 6.04 Å². The van der Waals surface area contributed by atoms with Crippen molar-refractivity contribution >= 4 is 43.5 Å². The predicted octanol–water partition coefficient (Wildman–Crippen LogP) is 4.45. The first kappa shape index (κ1) is 14.1. The van der Waals surface area contributed by atoms with E-state index in [1.54, 1.807) is 12.1 Å². The number of carboxylic acid groups (broad SMARTS) is 1. The average Bonchev–Trinajstić information content (AvgIpc) is 2.38. The number of anilines is 1. The van der Waals surface area contributed by atoms with E-state index in [-0.39, 0.29) is 0 Å². The van der Waals surface area contributed by atoms with Gasteiger partial charge in [-0.2, -0.15) is 0 Å². The molecule has 0 fully saturated rings. The van der Waals surface area contributed by atoms with E-state index in [1.165, 1.54) is 0 Å². The van der Waals surface area contributed by atoms with Gasteiger partial charge in [-0.05, 0) is 39.7 Å². The molecule has 3 nitrogen and oxygen atoms in total. The molecule has 0 spiro atoms. The first-order valence-corrected chi connectivity index (χ1v) is 7.16. The smallest absolute Gasteiger partial charge is 0.330 e. The number of aliphatic carboxylic acids is 1. The molecule has 0 bridgehead atoms. The topological polar surface area (TPSA) is 49.3 Å². The van der Waals surface area contributed by atoms with Crippen molar-refractivity contribution in [3.8, 4) is 0 Å². The van der Waals surface area contributed by atoms with Crippen LogP contribution in [0, 0.1) is 0 Å². The summed E-state index contributed by atoms with van der Waals surface area (Å²) in [5.74, 6) is -0.916. The van der Waals surface area contributed by atoms with Crippen molar-refractivity contribution in [1.82, 2.24) is 0 Å². The van der Waals surface area contributed by atoms with Gasteiger partial charge < -0.3 is 10.4 Å². The molecular formula is C14H11Br2NO2. The van der Waals surface area contributed by atoms with Crippen molar-refractivity contribution in [3.63, 3.8) is 0 Å². The molecule has 2 rings (SSSR count). The molecule has 5 heteroatoms. The minimum absolute atomic E-state index is 0.713. The summed E-state index contributed by atoms with van der Waals surface area (Å²) in [6.07, 6.45) is 0. The first-order chi connectivity index (χ1) is 9.08. The van der Waals surface area contributed by atoms with Gasteiger partial charge in [0.1, 0.15) is 0 Å². The fraction of sp³-hybridized carbons (Fsp3) is 0.0714. The van der Waals surface area contributed by atoms with Crippen molar-refractivity contribution in [1.29, 1.82) is 0 Å². The molecule has 0 saturated heterocycles. The van der Waals surface area contributed by atoms with Gasteiger partial charge in [-0.3, -0.25) is 0 Å². The van der Waals surface area contributed by atoms with Crippen LogP contribution in [0.4, 0.5) is 5.69 Å². The lowest BCUT2D eigenvalue weighted by atomic mass is 10.1. The third-order valence-corrected chi connectivity index (χ3v) is 3.76. The number of halogens is 2. The molecule has 0 aliphatic heterocycles. The summed E-state index contributed by atoms with van der Waals surface area (Å²) in [6.45, 7) is 0. The van der Waals surface area contributed by atoms with Crippen LogP contribution < -0.4 is 5.32 Å². The van der Waals surface area contributed by atoms with Gasteiger partial charge in [0.2, 0.25) is 0 Å². The number of benzene rings is 2. The van der Waals surface area contributed by atoms with Crippen LogP contribution in [0.25, 0.3) is 0 Å². The van der Waals surface area contributed by atoms with Crippen molar-refractivity contribution in [3.05, 3.63) is 63.0 Å². The van der Waals surface area contributed by atoms with Crippen molar-refractivity contribution < 1.29 is 9.90 Å². The van der Waals surface area contributed by atoms with Gasteiger partial charge in [-0.15, -0.1) is 0 Å². The Balaban J connectivity index is 2.29. The molecule has 0 aromatic heterocycles. The Morgan fingerprint density at radius 3 is 2.37 bits per heavy atom. The standard InChI is InChI=1S/C14H11Br2NO2/c15-10-6-7-12(11(16)8-10)17-13(14(18)19)9-4-2-1-3-5-9/h1-8,13,17H,(H,18,19). The van der Waals surface area contributed by atoms with Crippen LogP contribution in [0.3, 0.4) is 0 Å². The fourth-order valence-corrected chi connectivity index (χ4v) is 2.86. The van der Waals surface area contributed by atoms with Crippen LogP contribution in [0.2, 0.25) is 0 Å². The van der Waals surface area contributed by atoms with Gasteiger partial charge in [0.05, 0.1) is 0 Å². The molecule has 0 radical (unpaired) electrons. The summed E-state index contributed by atoms with van der Waals surface area (Å²) in [6, 6.07) is 13.9. The lowest BCUT2D eigenvalue weighted by molar-refractivity contribution is -0.138. The second kappa shape index (κ2) is 6.21. The third-order valence-electron chi connectivity index (χ3n) is 2.61. The number of rotatable bonds is 4. The molecule has 2 aromatic carbocycles. The second-order valence-corrected chi connectivity index (χ2v) is 5.72. The summed E-state index contributed by atoms with van der Waals surface area (Å²) in [7, 11) is 0. The summed E-state index contributed by atoms with van der Waals surface area (Å²) < 4.78 is 1.74. The molecule has 2 N–H and O–H groups in total. The lowest BCUT2D eigenvalue weighted by Crippen LogP contribution is -2.20. The molecule has 0 saturated carbocycles. The number of carbonyl (C=O) groups is 1. The maximum atomic E-state index is 11.4. The van der Waals surface area contributed by atoms with Gasteiger partial charge >= 0.3 is 5.97 Å². The third kappa shape index (κ3) is 3.58. The van der Waals surface area contributed by atoms with Crippen LogP contribution in [0.15, 0.2) is 57.5 Å². The van der Waals surface area contributed by atoms with E-state index in [0.29, 0.717) is 5.56 Å². The fourth-order valence-electron chi connectivity index (χ4n) is 1.70. The number of hydrogen-bond donors (Lipinski definition) is 2. The van der Waals surface area contributed by atoms with Crippen molar-refractivity contribution in [2.45, 2.75) is 6.04 Å². The van der Waals surface area contributed by atoms with E-state index in [9.17, 15) is 9.90 Å². The zero-order valence-electron chi connectivity index (χ0n) is 9.81. The van der Waals surface area contributed by atoms with Crippen LogP contribution >= 0.6 is 31.9 Å². The zero-order valence-corrected chi connectivity index (χ0v) is 13.0. The van der Waals surface area contributed by atoms with E-state index in [1.807, 2.05) is 36.4 Å². The maximum absolute atomic E-state index is 11.4. The Morgan fingerprint density at radius 2 is 1.79 bits per heavy atom. The normalized spacial score (nSPS) is 11.9. The highest BCUT2D eigenvalue weighted by Gasteiger charge is 2.20. The van der Waals surface area contributed by atoms with E-state index in [0.717, 1.165) is 14.6 Å². The predicted molar refractivity (Wildman–Crippen MR) is 82.3 cm³/mol. The minimum atomic E-state index is -0.916. The zero-order chi connectivity index (χ0) is 13.8. The Kier molecular flexibility index (Phi) is 4.61. The van der Waals surface area contributed by atoms with E-state index in [2.05, 4.69) is 37.2 Å². The van der Waals surface area contributed by atoms with Crippen molar-refractivity contribution in [2.75, 3.05) is 5.32 Å². The SMILES string of the molecule is O=C(O)C(Nc1ccc(Br)cc1Br)c1ccccc1. The highest BCUT2D eigenvalue weighted by atomic mass is 79.9. The minimum Gasteiger partial charge on any atom is -0.479 e. The second-order valence-electron chi connectivity index (χ2n) is 3.95. The summed E-state index contributed by atoms with van der Waals surface area (Å²) in [5, 5.41) is 12.4. The highest BCUT2D eigenvalue weighted by molar-refractivity contribution is 9.11. The first-order valence-electron chi connectivity index (χ1n) is 5.57. The summed E-state index contributed by atoms with van der Waals surface area (Å²) >= 11 is 6.77. The van der Waals surface area contributed by atoms with Gasteiger partial charge in [-0.1, -0.05) is 46.3 Å². The molecule has 1 unspecified atom stereocenters. The maximum Gasteiger partial charge on any atom is 0.330 e. The molecule has 0 amide bonds. The molecule has 2 aromatic rings. The van der Waals surface area contributed by atoms with Crippen LogP contribution in [-0.2, 0) is 4.79 Å². The molecule has 0 aliphatic rings. The molecular weight excluding hydrogens is 374 g/mol.